The highest BCUT2D eigenvalue weighted by Gasteiger charge is 2.27. The number of sulfonamides is 1. The molecular formula is C19H28N6O2S. The van der Waals surface area contributed by atoms with Gasteiger partial charge in [-0.15, -0.1) is 0 Å². The van der Waals surface area contributed by atoms with Crippen LogP contribution in [-0.2, 0) is 16.6 Å². The fraction of sp³-hybridized carbons (Fsp3) is 0.474. The van der Waals surface area contributed by atoms with Gasteiger partial charge in [0.05, 0.1) is 17.1 Å². The van der Waals surface area contributed by atoms with Crippen LogP contribution in [0.5, 0.6) is 0 Å². The third-order valence-electron chi connectivity index (χ3n) is 4.76. The van der Waals surface area contributed by atoms with Crippen molar-refractivity contribution in [2.24, 2.45) is 4.99 Å². The molecule has 1 aliphatic rings. The number of aromatic nitrogens is 2. The fourth-order valence-electron chi connectivity index (χ4n) is 3.38. The van der Waals surface area contributed by atoms with E-state index in [9.17, 15) is 8.42 Å². The van der Waals surface area contributed by atoms with E-state index in [4.69, 9.17) is 0 Å². The number of para-hydroxylation sites is 1. The number of rotatable bonds is 6. The molecule has 152 valence electrons. The Morgan fingerprint density at radius 1 is 1.25 bits per heavy atom. The van der Waals surface area contributed by atoms with Crippen molar-refractivity contribution in [3.05, 3.63) is 47.3 Å². The zero-order valence-electron chi connectivity index (χ0n) is 16.6. The van der Waals surface area contributed by atoms with Crippen molar-refractivity contribution in [2.45, 2.75) is 26.8 Å². The number of aryl methyl sites for hydroxylation is 2. The average molecular weight is 405 g/mol. The van der Waals surface area contributed by atoms with Crippen LogP contribution >= 0.6 is 0 Å². The van der Waals surface area contributed by atoms with Crippen LogP contribution in [-0.4, -0.2) is 60.9 Å². The molecule has 1 aliphatic heterocycles. The molecule has 0 unspecified atom stereocenters. The lowest BCUT2D eigenvalue weighted by molar-refractivity contribution is 0.445. The Labute approximate surface area is 166 Å². The summed E-state index contributed by atoms with van der Waals surface area (Å²) in [5, 5.41) is 11.1. The Bertz CT molecular complexity index is 951. The van der Waals surface area contributed by atoms with Crippen molar-refractivity contribution in [1.82, 2.24) is 24.7 Å². The van der Waals surface area contributed by atoms with E-state index in [2.05, 4.69) is 32.9 Å². The number of nitrogens with one attached hydrogen (secondary N) is 2. The molecular weight excluding hydrogens is 376 g/mol. The Hall–Kier alpha value is -2.39. The molecule has 2 heterocycles. The molecule has 0 spiro atoms. The summed E-state index contributed by atoms with van der Waals surface area (Å²) in [5.41, 5.74) is 4.19. The van der Waals surface area contributed by atoms with Gasteiger partial charge in [-0.2, -0.15) is 5.10 Å². The predicted octanol–water partition coefficient (Wildman–Crippen LogP) is 1.19. The van der Waals surface area contributed by atoms with E-state index in [1.807, 2.05) is 36.7 Å². The van der Waals surface area contributed by atoms with E-state index in [1.165, 1.54) is 4.31 Å². The molecule has 8 nitrogen and oxygen atoms in total. The second-order valence-corrected chi connectivity index (χ2v) is 8.98. The lowest BCUT2D eigenvalue weighted by Gasteiger charge is -2.17. The van der Waals surface area contributed by atoms with Crippen LogP contribution in [0.2, 0.25) is 0 Å². The summed E-state index contributed by atoms with van der Waals surface area (Å²) in [7, 11) is -1.36. The maximum absolute atomic E-state index is 11.9. The van der Waals surface area contributed by atoms with Crippen LogP contribution in [0.25, 0.3) is 5.69 Å². The lowest BCUT2D eigenvalue weighted by Crippen LogP contribution is -2.41. The largest absolute Gasteiger partial charge is 0.355 e. The zero-order valence-corrected chi connectivity index (χ0v) is 17.5. The summed E-state index contributed by atoms with van der Waals surface area (Å²) in [4.78, 5) is 4.23. The Morgan fingerprint density at radius 2 is 2.04 bits per heavy atom. The van der Waals surface area contributed by atoms with Crippen molar-refractivity contribution in [3.63, 3.8) is 0 Å². The third kappa shape index (κ3) is 4.71. The number of benzene rings is 1. The maximum Gasteiger partial charge on any atom is 0.214 e. The number of guanidine groups is 1. The first-order valence-electron chi connectivity index (χ1n) is 9.44. The summed E-state index contributed by atoms with van der Waals surface area (Å²) in [6.07, 6.45) is 0.707. The van der Waals surface area contributed by atoms with Crippen LogP contribution in [0, 0.1) is 13.8 Å². The smallest absolute Gasteiger partial charge is 0.214 e. The molecule has 0 radical (unpaired) electrons. The molecule has 9 heteroatoms. The first-order valence-corrected chi connectivity index (χ1v) is 11.1. The number of nitrogens with zero attached hydrogens (tertiary/aromatic N) is 4. The van der Waals surface area contributed by atoms with Gasteiger partial charge in [-0.05, 0) is 38.0 Å². The molecule has 0 saturated carbocycles. The monoisotopic (exact) mass is 404 g/mol. The number of hydrogen-bond acceptors (Lipinski definition) is 4. The zero-order chi connectivity index (χ0) is 20.1. The van der Waals surface area contributed by atoms with Crippen molar-refractivity contribution in [2.75, 3.05) is 32.4 Å². The third-order valence-corrected chi connectivity index (χ3v) is 6.71. The van der Waals surface area contributed by atoms with Gasteiger partial charge in [0.1, 0.15) is 0 Å². The Morgan fingerprint density at radius 3 is 2.68 bits per heavy atom. The summed E-state index contributed by atoms with van der Waals surface area (Å²) in [6, 6.07) is 10.2. The Kier molecular flexibility index (Phi) is 6.35. The first kappa shape index (κ1) is 20.3. The van der Waals surface area contributed by atoms with Gasteiger partial charge in [0.25, 0.3) is 0 Å². The highest BCUT2D eigenvalue weighted by molar-refractivity contribution is 7.89. The van der Waals surface area contributed by atoms with Gasteiger partial charge < -0.3 is 10.6 Å². The van der Waals surface area contributed by atoms with Crippen molar-refractivity contribution in [3.8, 4) is 5.69 Å². The normalized spacial score (nSPS) is 17.0. The standard InChI is InChI=1S/C19H28N6O2S/c1-15-13-16(2)25(23-15)18-8-5-4-7-17(18)14-22-19(20-3)21-9-11-24-10-6-12-28(24,26)27/h4-5,7-8,13H,6,9-12,14H2,1-3H3,(H2,20,21,22). The van der Waals surface area contributed by atoms with Crippen LogP contribution in [0.15, 0.2) is 35.3 Å². The second kappa shape index (κ2) is 8.74. The van der Waals surface area contributed by atoms with Gasteiger partial charge in [-0.1, -0.05) is 18.2 Å². The van der Waals surface area contributed by atoms with Crippen LogP contribution in [0.4, 0.5) is 0 Å². The topological polar surface area (TPSA) is 91.6 Å². The number of hydrogen-bond donors (Lipinski definition) is 2. The summed E-state index contributed by atoms with van der Waals surface area (Å²) >= 11 is 0. The van der Waals surface area contributed by atoms with E-state index >= 15 is 0 Å². The second-order valence-electron chi connectivity index (χ2n) is 6.89. The van der Waals surface area contributed by atoms with Crippen molar-refractivity contribution >= 4 is 16.0 Å². The average Bonchev–Trinajstić information content (AvgIpc) is 3.18. The van der Waals surface area contributed by atoms with Crippen LogP contribution in [0.1, 0.15) is 23.4 Å². The van der Waals surface area contributed by atoms with Gasteiger partial charge in [-0.25, -0.2) is 17.4 Å². The number of aliphatic imine (C=N–C) groups is 1. The fourth-order valence-corrected chi connectivity index (χ4v) is 4.91. The molecule has 0 amide bonds. The molecule has 2 N–H and O–H groups in total. The molecule has 1 fully saturated rings. The van der Waals surface area contributed by atoms with Gasteiger partial charge in [-0.3, -0.25) is 4.99 Å². The predicted molar refractivity (Wildman–Crippen MR) is 111 cm³/mol. The minimum atomic E-state index is -3.06. The van der Waals surface area contributed by atoms with E-state index in [-0.39, 0.29) is 5.75 Å². The molecule has 1 aromatic heterocycles. The summed E-state index contributed by atoms with van der Waals surface area (Å²) < 4.78 is 27.2. The molecule has 3 rings (SSSR count). The lowest BCUT2D eigenvalue weighted by atomic mass is 10.1. The minimum Gasteiger partial charge on any atom is -0.355 e. The highest BCUT2D eigenvalue weighted by Crippen LogP contribution is 2.17. The van der Waals surface area contributed by atoms with E-state index in [0.29, 0.717) is 38.6 Å². The van der Waals surface area contributed by atoms with E-state index in [0.717, 1.165) is 22.6 Å². The van der Waals surface area contributed by atoms with Gasteiger partial charge in [0, 0.05) is 38.9 Å². The summed E-state index contributed by atoms with van der Waals surface area (Å²) in [5.74, 6) is 0.892. The molecule has 0 atom stereocenters. The molecule has 1 aromatic carbocycles. The molecule has 1 saturated heterocycles. The Balaban J connectivity index is 1.59. The highest BCUT2D eigenvalue weighted by atomic mass is 32.2. The summed E-state index contributed by atoms with van der Waals surface area (Å²) in [6.45, 7) is 6.17. The van der Waals surface area contributed by atoms with Crippen molar-refractivity contribution in [1.29, 1.82) is 0 Å². The van der Waals surface area contributed by atoms with E-state index in [1.54, 1.807) is 7.05 Å². The molecule has 0 bridgehead atoms. The first-order chi connectivity index (χ1) is 13.4. The quantitative estimate of drug-likeness (QED) is 0.557. The molecule has 0 aliphatic carbocycles. The molecule has 28 heavy (non-hydrogen) atoms. The van der Waals surface area contributed by atoms with E-state index < -0.39 is 10.0 Å². The van der Waals surface area contributed by atoms with Gasteiger partial charge in [0.15, 0.2) is 5.96 Å². The van der Waals surface area contributed by atoms with Crippen molar-refractivity contribution < 1.29 is 8.42 Å². The molecule has 2 aromatic rings. The van der Waals surface area contributed by atoms with Gasteiger partial charge >= 0.3 is 0 Å². The van der Waals surface area contributed by atoms with Crippen LogP contribution < -0.4 is 10.6 Å². The maximum atomic E-state index is 11.9. The van der Waals surface area contributed by atoms with Crippen LogP contribution in [0.3, 0.4) is 0 Å². The SMILES string of the molecule is CN=C(NCCN1CCCS1(=O)=O)NCc1ccccc1-n1nc(C)cc1C. The van der Waals surface area contributed by atoms with Gasteiger partial charge in [0.2, 0.25) is 10.0 Å². The minimum absolute atomic E-state index is 0.253.